The third-order valence-corrected chi connectivity index (χ3v) is 4.14. The molecule has 2 aromatic carbocycles. The van der Waals surface area contributed by atoms with Crippen LogP contribution in [0.25, 0.3) is 0 Å². The maximum Gasteiger partial charge on any atom is 0.361 e. The van der Waals surface area contributed by atoms with Gasteiger partial charge in [-0.05, 0) is 29.8 Å². The van der Waals surface area contributed by atoms with Crippen LogP contribution in [0.5, 0.6) is 0 Å². The first-order valence-corrected chi connectivity index (χ1v) is 7.87. The number of hydrogen-bond acceptors (Lipinski definition) is 5. The van der Waals surface area contributed by atoms with Crippen molar-refractivity contribution in [2.24, 2.45) is 5.10 Å². The van der Waals surface area contributed by atoms with Crippen LogP contribution in [0.4, 0.5) is 0 Å². The zero-order valence-electron chi connectivity index (χ0n) is 13.3. The molecule has 1 heterocycles. The van der Waals surface area contributed by atoms with Gasteiger partial charge in [-0.3, -0.25) is 4.79 Å². The van der Waals surface area contributed by atoms with Gasteiger partial charge in [-0.25, -0.2) is 4.79 Å². The molecule has 0 saturated heterocycles. The maximum atomic E-state index is 12.7. The van der Waals surface area contributed by atoms with Crippen molar-refractivity contribution in [2.75, 3.05) is 7.11 Å². The summed E-state index contributed by atoms with van der Waals surface area (Å²) in [5.74, 6) is -1.55. The van der Waals surface area contributed by atoms with Crippen LogP contribution in [-0.2, 0) is 9.53 Å². The lowest BCUT2D eigenvalue weighted by Gasteiger charge is -2.28. The minimum atomic E-state index is -2.20. The van der Waals surface area contributed by atoms with Crippen LogP contribution >= 0.6 is 11.6 Å². The third kappa shape index (κ3) is 3.14. The highest BCUT2D eigenvalue weighted by Crippen LogP contribution is 2.31. The van der Waals surface area contributed by atoms with E-state index in [0.29, 0.717) is 21.9 Å². The zero-order valence-corrected chi connectivity index (χ0v) is 14.1. The molecule has 2 aromatic rings. The van der Waals surface area contributed by atoms with Crippen molar-refractivity contribution in [1.29, 1.82) is 0 Å². The summed E-state index contributed by atoms with van der Waals surface area (Å²) in [6.45, 7) is 0. The average molecular weight is 359 g/mol. The second-order valence-corrected chi connectivity index (χ2v) is 5.96. The molecule has 7 heteroatoms. The van der Waals surface area contributed by atoms with Crippen molar-refractivity contribution in [1.82, 2.24) is 5.01 Å². The molecule has 1 unspecified atom stereocenters. The number of ether oxygens (including phenoxy) is 1. The Kier molecular flexibility index (Phi) is 4.57. The molecule has 1 atom stereocenters. The molecule has 25 heavy (non-hydrogen) atoms. The molecule has 1 amide bonds. The molecule has 0 aromatic heterocycles. The Hall–Kier alpha value is -2.70. The monoisotopic (exact) mass is 358 g/mol. The molecular formula is C18H15ClN2O4. The Balaban J connectivity index is 2.02. The van der Waals surface area contributed by atoms with Crippen molar-refractivity contribution >= 4 is 29.2 Å². The maximum absolute atomic E-state index is 12.7. The third-order valence-electron chi connectivity index (χ3n) is 3.89. The van der Waals surface area contributed by atoms with Crippen molar-refractivity contribution in [3.8, 4) is 0 Å². The number of aliphatic hydroxyl groups is 1. The largest absolute Gasteiger partial charge is 0.465 e. The summed E-state index contributed by atoms with van der Waals surface area (Å²) in [5.41, 5.74) is -0.869. The Morgan fingerprint density at radius 3 is 2.40 bits per heavy atom. The predicted octanol–water partition coefficient (Wildman–Crippen LogP) is 2.45. The number of esters is 1. The number of methoxy groups -OCH3 is 1. The molecule has 1 aliphatic heterocycles. The van der Waals surface area contributed by atoms with Crippen LogP contribution in [-0.4, -0.2) is 40.5 Å². The molecule has 0 fully saturated rings. The minimum Gasteiger partial charge on any atom is -0.465 e. The number of carbonyl (C=O) groups excluding carboxylic acids is 2. The summed E-state index contributed by atoms with van der Waals surface area (Å²) in [6.07, 6.45) is -0.181. The van der Waals surface area contributed by atoms with Crippen LogP contribution < -0.4 is 0 Å². The molecule has 128 valence electrons. The summed E-state index contributed by atoms with van der Waals surface area (Å²) < 4.78 is 4.68. The van der Waals surface area contributed by atoms with Gasteiger partial charge < -0.3 is 9.84 Å². The van der Waals surface area contributed by atoms with Crippen molar-refractivity contribution in [2.45, 2.75) is 12.1 Å². The van der Waals surface area contributed by atoms with Gasteiger partial charge in [0.15, 0.2) is 0 Å². The SMILES string of the molecule is COC(=O)C1(O)CC(c2ccc(Cl)cc2)=NN1C(=O)c1ccccc1. The van der Waals surface area contributed by atoms with E-state index in [1.54, 1.807) is 54.6 Å². The van der Waals surface area contributed by atoms with Crippen molar-refractivity contribution in [3.63, 3.8) is 0 Å². The lowest BCUT2D eigenvalue weighted by atomic mass is 10.0. The molecule has 6 nitrogen and oxygen atoms in total. The second kappa shape index (κ2) is 6.66. The first-order valence-electron chi connectivity index (χ1n) is 7.49. The molecule has 0 bridgehead atoms. The normalized spacial score (nSPS) is 19.5. The van der Waals surface area contributed by atoms with E-state index < -0.39 is 17.6 Å². The summed E-state index contributed by atoms with van der Waals surface area (Å²) in [7, 11) is 1.14. The zero-order chi connectivity index (χ0) is 18.0. The van der Waals surface area contributed by atoms with Crippen LogP contribution in [0.3, 0.4) is 0 Å². The van der Waals surface area contributed by atoms with E-state index in [2.05, 4.69) is 9.84 Å². The van der Waals surface area contributed by atoms with Gasteiger partial charge in [-0.2, -0.15) is 10.1 Å². The van der Waals surface area contributed by atoms with Gasteiger partial charge in [0.25, 0.3) is 11.6 Å². The lowest BCUT2D eigenvalue weighted by Crippen LogP contribution is -2.52. The van der Waals surface area contributed by atoms with Crippen LogP contribution in [0.1, 0.15) is 22.3 Å². The predicted molar refractivity (Wildman–Crippen MR) is 92.2 cm³/mol. The van der Waals surface area contributed by atoms with Crippen LogP contribution in [0.15, 0.2) is 59.7 Å². The second-order valence-electron chi connectivity index (χ2n) is 5.52. The molecule has 0 spiro atoms. The number of hydrazone groups is 1. The number of benzene rings is 2. The van der Waals surface area contributed by atoms with Gasteiger partial charge >= 0.3 is 5.97 Å². The summed E-state index contributed by atoms with van der Waals surface area (Å²) in [6, 6.07) is 15.0. The first kappa shape index (κ1) is 17.1. The molecule has 0 aliphatic carbocycles. The fourth-order valence-electron chi connectivity index (χ4n) is 2.59. The minimum absolute atomic E-state index is 0.181. The van der Waals surface area contributed by atoms with Gasteiger partial charge in [-0.1, -0.05) is 41.9 Å². The van der Waals surface area contributed by atoms with Gasteiger partial charge in [0.1, 0.15) is 0 Å². The number of hydrogen-bond donors (Lipinski definition) is 1. The number of halogens is 1. The number of nitrogens with zero attached hydrogens (tertiary/aromatic N) is 2. The molecule has 3 rings (SSSR count). The van der Waals surface area contributed by atoms with E-state index in [-0.39, 0.29) is 6.42 Å². The van der Waals surface area contributed by atoms with Gasteiger partial charge in [-0.15, -0.1) is 0 Å². The highest BCUT2D eigenvalue weighted by molar-refractivity contribution is 6.30. The van der Waals surface area contributed by atoms with E-state index in [1.807, 2.05) is 0 Å². The van der Waals surface area contributed by atoms with Gasteiger partial charge in [0, 0.05) is 10.6 Å². The molecular weight excluding hydrogens is 344 g/mol. The number of amides is 1. The highest BCUT2D eigenvalue weighted by atomic mass is 35.5. The molecule has 1 N–H and O–H groups in total. The van der Waals surface area contributed by atoms with E-state index in [0.717, 1.165) is 12.1 Å². The smallest absolute Gasteiger partial charge is 0.361 e. The standard InChI is InChI=1S/C18H15ClN2O4/c1-25-17(23)18(24)11-15(12-7-9-14(19)10-8-12)20-21(18)16(22)13-5-3-2-4-6-13/h2-10,24H,11H2,1H3. The van der Waals surface area contributed by atoms with E-state index in [4.69, 9.17) is 11.6 Å². The van der Waals surface area contributed by atoms with Crippen molar-refractivity contribution in [3.05, 3.63) is 70.7 Å². The fraction of sp³-hybridized carbons (Fsp3) is 0.167. The molecule has 0 saturated carbocycles. The number of carbonyl (C=O) groups is 2. The van der Waals surface area contributed by atoms with E-state index in [1.165, 1.54) is 0 Å². The lowest BCUT2D eigenvalue weighted by molar-refractivity contribution is -0.176. The Bertz CT molecular complexity index is 836. The summed E-state index contributed by atoms with van der Waals surface area (Å²) in [5, 5.41) is 16.3. The van der Waals surface area contributed by atoms with E-state index >= 15 is 0 Å². The van der Waals surface area contributed by atoms with Crippen LogP contribution in [0, 0.1) is 0 Å². The van der Waals surface area contributed by atoms with E-state index in [9.17, 15) is 14.7 Å². The topological polar surface area (TPSA) is 79.2 Å². The summed E-state index contributed by atoms with van der Waals surface area (Å²) in [4.78, 5) is 24.9. The highest BCUT2D eigenvalue weighted by Gasteiger charge is 2.52. The quantitative estimate of drug-likeness (QED) is 0.855. The number of rotatable bonds is 3. The van der Waals surface area contributed by atoms with Crippen molar-refractivity contribution < 1.29 is 19.4 Å². The summed E-state index contributed by atoms with van der Waals surface area (Å²) >= 11 is 5.88. The molecule has 1 aliphatic rings. The molecule has 0 radical (unpaired) electrons. The fourth-order valence-corrected chi connectivity index (χ4v) is 2.71. The Morgan fingerprint density at radius 1 is 1.16 bits per heavy atom. The average Bonchev–Trinajstić information content (AvgIpc) is 3.00. The Labute approximate surface area is 149 Å². The Morgan fingerprint density at radius 2 is 1.80 bits per heavy atom. The van der Waals surface area contributed by atoms with Gasteiger partial charge in [0.05, 0.1) is 19.2 Å². The first-order chi connectivity index (χ1) is 12.0. The van der Waals surface area contributed by atoms with Gasteiger partial charge in [0.2, 0.25) is 0 Å². The van der Waals surface area contributed by atoms with Crippen LogP contribution in [0.2, 0.25) is 5.02 Å².